The number of carbonyl (C=O) groups is 2. The molecule has 3 rings (SSSR count). The highest BCUT2D eigenvalue weighted by atomic mass is 16.2. The third-order valence-electron chi connectivity index (χ3n) is 4.03. The van der Waals surface area contributed by atoms with Crippen LogP contribution < -0.4 is 11.1 Å². The normalized spacial score (nSPS) is 12.1. The van der Waals surface area contributed by atoms with Crippen molar-refractivity contribution in [3.63, 3.8) is 0 Å². The molecule has 0 radical (unpaired) electrons. The van der Waals surface area contributed by atoms with Crippen molar-refractivity contribution in [2.75, 3.05) is 0 Å². The molecular formula is C19H19N3O2. The number of amides is 2. The van der Waals surface area contributed by atoms with E-state index >= 15 is 0 Å². The first-order valence-electron chi connectivity index (χ1n) is 7.71. The molecular weight excluding hydrogens is 302 g/mol. The fourth-order valence-electron chi connectivity index (χ4n) is 2.89. The third-order valence-corrected chi connectivity index (χ3v) is 4.03. The minimum Gasteiger partial charge on any atom is -0.368 e. The highest BCUT2D eigenvalue weighted by Gasteiger charge is 2.21. The number of aromatic nitrogens is 1. The minimum absolute atomic E-state index is 0.365. The first kappa shape index (κ1) is 15.8. The first-order chi connectivity index (χ1) is 11.5. The van der Waals surface area contributed by atoms with Crippen LogP contribution in [0, 0.1) is 13.8 Å². The number of carbonyl (C=O) groups excluding carboxylic acids is 2. The molecule has 0 aliphatic carbocycles. The van der Waals surface area contributed by atoms with E-state index < -0.39 is 11.9 Å². The van der Waals surface area contributed by atoms with E-state index in [-0.39, 0.29) is 5.91 Å². The Labute approximate surface area is 139 Å². The summed E-state index contributed by atoms with van der Waals surface area (Å²) >= 11 is 0. The summed E-state index contributed by atoms with van der Waals surface area (Å²) in [5, 5.41) is 3.69. The van der Waals surface area contributed by atoms with Crippen LogP contribution in [0.25, 0.3) is 10.9 Å². The number of H-pyrrole nitrogens is 1. The lowest BCUT2D eigenvalue weighted by Gasteiger charge is -2.15. The van der Waals surface area contributed by atoms with Crippen LogP contribution in [0.4, 0.5) is 0 Å². The Bertz CT molecular complexity index is 913. The molecule has 3 aromatic rings. The van der Waals surface area contributed by atoms with Crippen LogP contribution in [0.15, 0.2) is 48.5 Å². The molecule has 2 amide bonds. The summed E-state index contributed by atoms with van der Waals surface area (Å²) < 4.78 is 0. The maximum absolute atomic E-state index is 12.5. The average Bonchev–Trinajstić information content (AvgIpc) is 2.97. The number of nitrogens with two attached hydrogens (primary N) is 1. The van der Waals surface area contributed by atoms with Crippen molar-refractivity contribution in [1.82, 2.24) is 10.3 Å². The lowest BCUT2D eigenvalue weighted by atomic mass is 10.1. The van der Waals surface area contributed by atoms with Crippen LogP contribution >= 0.6 is 0 Å². The third kappa shape index (κ3) is 3.01. The summed E-state index contributed by atoms with van der Waals surface area (Å²) in [6.45, 7) is 4.01. The number of aromatic amines is 1. The van der Waals surface area contributed by atoms with Gasteiger partial charge in [0.1, 0.15) is 11.7 Å². The molecule has 0 unspecified atom stereocenters. The van der Waals surface area contributed by atoms with E-state index in [9.17, 15) is 9.59 Å². The summed E-state index contributed by atoms with van der Waals surface area (Å²) in [7, 11) is 0. The zero-order chi connectivity index (χ0) is 17.3. The molecule has 0 aliphatic heterocycles. The van der Waals surface area contributed by atoms with Crippen molar-refractivity contribution in [3.05, 3.63) is 70.9 Å². The van der Waals surface area contributed by atoms with Crippen molar-refractivity contribution >= 4 is 22.7 Å². The van der Waals surface area contributed by atoms with Crippen LogP contribution in [0.5, 0.6) is 0 Å². The SMILES string of the molecule is Cc1cc(C)c2cc(C(=O)N[C@H](C(N)=O)c3ccccc3)[nH]c2c1. The van der Waals surface area contributed by atoms with Crippen LogP contribution in [-0.4, -0.2) is 16.8 Å². The maximum atomic E-state index is 12.5. The molecule has 0 bridgehead atoms. The molecule has 4 N–H and O–H groups in total. The first-order valence-corrected chi connectivity index (χ1v) is 7.71. The Kier molecular flexibility index (Phi) is 4.08. The summed E-state index contributed by atoms with van der Waals surface area (Å²) in [5.41, 5.74) is 9.62. The van der Waals surface area contributed by atoms with E-state index in [0.29, 0.717) is 11.3 Å². The Morgan fingerprint density at radius 1 is 1.08 bits per heavy atom. The molecule has 0 saturated carbocycles. The second kappa shape index (κ2) is 6.20. The lowest BCUT2D eigenvalue weighted by molar-refractivity contribution is -0.120. The molecule has 2 aromatic carbocycles. The summed E-state index contributed by atoms with van der Waals surface area (Å²) in [4.78, 5) is 27.4. The second-order valence-corrected chi connectivity index (χ2v) is 5.95. The summed E-state index contributed by atoms with van der Waals surface area (Å²) in [6.07, 6.45) is 0. The predicted molar refractivity (Wildman–Crippen MR) is 93.6 cm³/mol. The van der Waals surface area contributed by atoms with Gasteiger partial charge in [0.15, 0.2) is 0 Å². The van der Waals surface area contributed by atoms with Gasteiger partial charge in [0.05, 0.1) is 0 Å². The van der Waals surface area contributed by atoms with Gasteiger partial charge in [0, 0.05) is 10.9 Å². The van der Waals surface area contributed by atoms with Crippen molar-refractivity contribution in [3.8, 4) is 0 Å². The Balaban J connectivity index is 1.91. The summed E-state index contributed by atoms with van der Waals surface area (Å²) in [6, 6.07) is 13.9. The smallest absolute Gasteiger partial charge is 0.268 e. The molecule has 5 heteroatoms. The standard InChI is InChI=1S/C19H19N3O2/c1-11-8-12(2)14-10-16(21-15(14)9-11)19(24)22-17(18(20)23)13-6-4-3-5-7-13/h3-10,17,21H,1-2H3,(H2,20,23)(H,22,24)/t17-/m0/s1. The van der Waals surface area contributed by atoms with Gasteiger partial charge in [-0.15, -0.1) is 0 Å². The Morgan fingerprint density at radius 3 is 2.46 bits per heavy atom. The van der Waals surface area contributed by atoms with E-state index in [1.54, 1.807) is 30.3 Å². The van der Waals surface area contributed by atoms with Crippen LogP contribution in [0.1, 0.15) is 33.2 Å². The number of hydrogen-bond acceptors (Lipinski definition) is 2. The van der Waals surface area contributed by atoms with Crippen molar-refractivity contribution < 1.29 is 9.59 Å². The number of aryl methyl sites for hydroxylation is 2. The molecule has 5 nitrogen and oxygen atoms in total. The fourth-order valence-corrected chi connectivity index (χ4v) is 2.89. The topological polar surface area (TPSA) is 88.0 Å². The Morgan fingerprint density at radius 2 is 1.79 bits per heavy atom. The van der Waals surface area contributed by atoms with E-state index in [4.69, 9.17) is 5.73 Å². The molecule has 0 aliphatic rings. The van der Waals surface area contributed by atoms with E-state index in [0.717, 1.165) is 22.0 Å². The largest absolute Gasteiger partial charge is 0.368 e. The van der Waals surface area contributed by atoms with Gasteiger partial charge >= 0.3 is 0 Å². The minimum atomic E-state index is -0.868. The molecule has 0 spiro atoms. The van der Waals surface area contributed by atoms with Gasteiger partial charge in [0.25, 0.3) is 5.91 Å². The molecule has 1 atom stereocenters. The van der Waals surface area contributed by atoms with Crippen molar-refractivity contribution in [1.29, 1.82) is 0 Å². The van der Waals surface area contributed by atoms with Gasteiger partial charge in [-0.3, -0.25) is 9.59 Å². The molecule has 24 heavy (non-hydrogen) atoms. The molecule has 1 aromatic heterocycles. The summed E-state index contributed by atoms with van der Waals surface area (Å²) in [5.74, 6) is -0.964. The number of primary amides is 1. The van der Waals surface area contributed by atoms with Gasteiger partial charge in [-0.05, 0) is 42.7 Å². The highest BCUT2D eigenvalue weighted by Crippen LogP contribution is 2.22. The van der Waals surface area contributed by atoms with Crippen LogP contribution in [-0.2, 0) is 4.79 Å². The van der Waals surface area contributed by atoms with Gasteiger partial charge in [-0.2, -0.15) is 0 Å². The molecule has 0 fully saturated rings. The quantitative estimate of drug-likeness (QED) is 0.690. The molecule has 122 valence electrons. The second-order valence-electron chi connectivity index (χ2n) is 5.95. The highest BCUT2D eigenvalue weighted by molar-refractivity contribution is 6.01. The lowest BCUT2D eigenvalue weighted by Crippen LogP contribution is -2.37. The van der Waals surface area contributed by atoms with Crippen LogP contribution in [0.3, 0.4) is 0 Å². The fraction of sp³-hybridized carbons (Fsp3) is 0.158. The average molecular weight is 321 g/mol. The van der Waals surface area contributed by atoms with Gasteiger partial charge in [-0.25, -0.2) is 0 Å². The van der Waals surface area contributed by atoms with E-state index in [1.165, 1.54) is 0 Å². The number of fused-ring (bicyclic) bond motifs is 1. The molecule has 0 saturated heterocycles. The van der Waals surface area contributed by atoms with E-state index in [1.807, 2.05) is 26.0 Å². The maximum Gasteiger partial charge on any atom is 0.268 e. The number of benzene rings is 2. The zero-order valence-corrected chi connectivity index (χ0v) is 13.6. The number of rotatable bonds is 4. The molecule has 1 heterocycles. The van der Waals surface area contributed by atoms with Crippen LogP contribution in [0.2, 0.25) is 0 Å². The van der Waals surface area contributed by atoms with Gasteiger partial charge in [0.2, 0.25) is 5.91 Å². The predicted octanol–water partition coefficient (Wildman–Crippen LogP) is 2.74. The van der Waals surface area contributed by atoms with Crippen molar-refractivity contribution in [2.45, 2.75) is 19.9 Å². The zero-order valence-electron chi connectivity index (χ0n) is 13.6. The number of nitrogens with one attached hydrogen (secondary N) is 2. The Hall–Kier alpha value is -3.08. The van der Waals surface area contributed by atoms with E-state index in [2.05, 4.69) is 16.4 Å². The van der Waals surface area contributed by atoms with Gasteiger partial charge < -0.3 is 16.0 Å². The van der Waals surface area contributed by atoms with Crippen molar-refractivity contribution in [2.24, 2.45) is 5.73 Å². The van der Waals surface area contributed by atoms with Gasteiger partial charge in [-0.1, -0.05) is 36.4 Å². The monoisotopic (exact) mass is 321 g/mol. The number of hydrogen-bond donors (Lipinski definition) is 3.